The second kappa shape index (κ2) is 6.52. The van der Waals surface area contributed by atoms with E-state index in [-0.39, 0.29) is 0 Å². The van der Waals surface area contributed by atoms with Crippen molar-refractivity contribution in [3.8, 4) is 0 Å². The molecule has 0 atom stereocenters. The minimum Gasteiger partial charge on any atom is -0.444 e. The molecule has 0 spiro atoms. The summed E-state index contributed by atoms with van der Waals surface area (Å²) >= 11 is 5.31. The number of halogens is 1. The highest BCUT2D eigenvalue weighted by Crippen LogP contribution is 2.07. The quantitative estimate of drug-likeness (QED) is 0.863. The van der Waals surface area contributed by atoms with Crippen LogP contribution in [-0.4, -0.2) is 28.5 Å². The smallest absolute Gasteiger partial charge is 0.407 e. The maximum absolute atomic E-state index is 11.4. The van der Waals surface area contributed by atoms with Gasteiger partial charge < -0.3 is 10.1 Å². The highest BCUT2D eigenvalue weighted by molar-refractivity contribution is 6.67. The van der Waals surface area contributed by atoms with Crippen molar-refractivity contribution in [3.63, 3.8) is 0 Å². The number of ether oxygens (including phenoxy) is 1. The van der Waals surface area contributed by atoms with E-state index < -0.39 is 16.9 Å². The molecule has 5 nitrogen and oxygen atoms in total. The van der Waals surface area contributed by atoms with Crippen LogP contribution in [0.2, 0.25) is 0 Å². The first-order valence-corrected chi connectivity index (χ1v) is 6.27. The lowest BCUT2D eigenvalue weighted by atomic mass is 10.2. The fourth-order valence-corrected chi connectivity index (χ4v) is 1.41. The van der Waals surface area contributed by atoms with E-state index in [9.17, 15) is 9.59 Å². The summed E-state index contributed by atoms with van der Waals surface area (Å²) in [4.78, 5) is 26.3. The summed E-state index contributed by atoms with van der Waals surface area (Å²) < 4.78 is 5.09. The maximum atomic E-state index is 11.4. The zero-order valence-electron chi connectivity index (χ0n) is 11.2. The van der Waals surface area contributed by atoms with E-state index in [1.165, 1.54) is 6.20 Å². The zero-order valence-corrected chi connectivity index (χ0v) is 12.0. The Morgan fingerprint density at radius 3 is 2.53 bits per heavy atom. The summed E-state index contributed by atoms with van der Waals surface area (Å²) in [5.74, 6) is 0. The number of alkyl carbamates (subject to hydrolysis) is 1. The molecule has 0 radical (unpaired) electrons. The number of aromatic nitrogens is 1. The molecule has 0 bridgehead atoms. The monoisotopic (exact) mass is 284 g/mol. The molecule has 1 rings (SSSR count). The molecule has 6 heteroatoms. The molecule has 0 saturated carbocycles. The van der Waals surface area contributed by atoms with Crippen LogP contribution in [0.1, 0.15) is 36.8 Å². The van der Waals surface area contributed by atoms with Gasteiger partial charge in [-0.3, -0.25) is 9.78 Å². The molecule has 0 aliphatic carbocycles. The van der Waals surface area contributed by atoms with Gasteiger partial charge in [-0.15, -0.1) is 0 Å². The Balaban J connectivity index is 2.37. The molecular formula is C13H17ClN2O3. The summed E-state index contributed by atoms with van der Waals surface area (Å²) in [6.45, 7) is 5.82. The molecule has 0 aliphatic rings. The average molecular weight is 285 g/mol. The van der Waals surface area contributed by atoms with Gasteiger partial charge in [-0.25, -0.2) is 4.79 Å². The molecule has 1 aromatic heterocycles. The van der Waals surface area contributed by atoms with Crippen LogP contribution in [-0.2, 0) is 11.2 Å². The zero-order chi connectivity index (χ0) is 14.5. The Morgan fingerprint density at radius 2 is 2.05 bits per heavy atom. The van der Waals surface area contributed by atoms with Gasteiger partial charge in [-0.1, -0.05) is 0 Å². The van der Waals surface area contributed by atoms with Crippen molar-refractivity contribution in [2.24, 2.45) is 0 Å². The molecule has 0 aromatic carbocycles. The predicted octanol–water partition coefficient (Wildman–Crippen LogP) is 2.53. The summed E-state index contributed by atoms with van der Waals surface area (Å²) in [5, 5.41) is 2.09. The van der Waals surface area contributed by atoms with Gasteiger partial charge in [-0.05, 0) is 44.5 Å². The van der Waals surface area contributed by atoms with Gasteiger partial charge in [0.15, 0.2) is 0 Å². The minimum absolute atomic E-state index is 0.352. The lowest BCUT2D eigenvalue weighted by Gasteiger charge is -2.19. The second-order valence-corrected chi connectivity index (χ2v) is 5.33. The van der Waals surface area contributed by atoms with Gasteiger partial charge in [0.05, 0.1) is 5.56 Å². The molecule has 19 heavy (non-hydrogen) atoms. The Labute approximate surface area is 117 Å². The van der Waals surface area contributed by atoms with Crippen LogP contribution < -0.4 is 5.32 Å². The summed E-state index contributed by atoms with van der Waals surface area (Å²) in [6, 6.07) is 3.30. The van der Waals surface area contributed by atoms with Crippen LogP contribution in [0.25, 0.3) is 0 Å². The van der Waals surface area contributed by atoms with Crippen molar-refractivity contribution < 1.29 is 14.3 Å². The third kappa shape index (κ3) is 6.20. The number of carbonyl (C=O) groups excluding carboxylic acids is 2. The van der Waals surface area contributed by atoms with E-state index in [1.54, 1.807) is 32.9 Å². The van der Waals surface area contributed by atoms with Crippen LogP contribution >= 0.6 is 11.6 Å². The van der Waals surface area contributed by atoms with E-state index in [2.05, 4.69) is 10.3 Å². The van der Waals surface area contributed by atoms with Crippen LogP contribution in [0.4, 0.5) is 4.79 Å². The molecule has 1 aromatic rings. The first-order chi connectivity index (χ1) is 8.78. The molecule has 0 saturated heterocycles. The molecule has 1 heterocycles. The molecule has 0 fully saturated rings. The van der Waals surface area contributed by atoms with Crippen LogP contribution in [0.5, 0.6) is 0 Å². The van der Waals surface area contributed by atoms with Crippen LogP contribution in [0.15, 0.2) is 18.3 Å². The van der Waals surface area contributed by atoms with Gasteiger partial charge >= 0.3 is 6.09 Å². The van der Waals surface area contributed by atoms with Crippen LogP contribution in [0, 0.1) is 0 Å². The Kier molecular flexibility index (Phi) is 5.30. The largest absolute Gasteiger partial charge is 0.444 e. The molecule has 0 unspecified atom stereocenters. The highest BCUT2D eigenvalue weighted by atomic mass is 35.5. The molecular weight excluding hydrogens is 268 g/mol. The van der Waals surface area contributed by atoms with Crippen molar-refractivity contribution in [3.05, 3.63) is 29.6 Å². The lowest BCUT2D eigenvalue weighted by Crippen LogP contribution is -2.33. The van der Waals surface area contributed by atoms with Crippen LogP contribution in [0.3, 0.4) is 0 Å². The van der Waals surface area contributed by atoms with Gasteiger partial charge in [0.1, 0.15) is 5.60 Å². The number of rotatable bonds is 4. The van der Waals surface area contributed by atoms with Crippen molar-refractivity contribution >= 4 is 22.9 Å². The number of hydrogen-bond acceptors (Lipinski definition) is 4. The standard InChI is InChI=1S/C13H17ClN2O3/c1-13(2,3)19-12(18)15-7-6-10-5-4-9(8-16-10)11(14)17/h4-5,8H,6-7H2,1-3H3,(H,15,18). The number of amides is 1. The number of carbonyl (C=O) groups is 2. The molecule has 104 valence electrons. The normalized spacial score (nSPS) is 10.9. The Morgan fingerprint density at radius 1 is 1.37 bits per heavy atom. The first kappa shape index (κ1) is 15.4. The van der Waals surface area contributed by atoms with Crippen molar-refractivity contribution in [2.45, 2.75) is 32.8 Å². The topological polar surface area (TPSA) is 68.3 Å². The number of nitrogens with one attached hydrogen (secondary N) is 1. The third-order valence-electron chi connectivity index (χ3n) is 2.10. The Hall–Kier alpha value is -1.62. The van der Waals surface area contributed by atoms with E-state index in [4.69, 9.17) is 16.3 Å². The average Bonchev–Trinajstić information content (AvgIpc) is 2.27. The third-order valence-corrected chi connectivity index (χ3v) is 2.32. The first-order valence-electron chi connectivity index (χ1n) is 5.89. The van der Waals surface area contributed by atoms with E-state index in [0.29, 0.717) is 18.5 Å². The minimum atomic E-state index is -0.536. The summed E-state index contributed by atoms with van der Waals surface area (Å²) in [6.07, 6.45) is 1.51. The maximum Gasteiger partial charge on any atom is 0.407 e. The fraction of sp³-hybridized carbons (Fsp3) is 0.462. The summed E-state index contributed by atoms with van der Waals surface area (Å²) in [7, 11) is 0. The van der Waals surface area contributed by atoms with Crippen molar-refractivity contribution in [1.82, 2.24) is 10.3 Å². The van der Waals surface area contributed by atoms with Gasteiger partial charge in [0.2, 0.25) is 0 Å². The number of nitrogens with zero attached hydrogens (tertiary/aromatic N) is 1. The van der Waals surface area contributed by atoms with Gasteiger partial charge in [-0.2, -0.15) is 0 Å². The highest BCUT2D eigenvalue weighted by Gasteiger charge is 2.15. The van der Waals surface area contributed by atoms with E-state index in [1.807, 2.05) is 0 Å². The lowest BCUT2D eigenvalue weighted by molar-refractivity contribution is 0.0528. The molecule has 1 N–H and O–H groups in total. The van der Waals surface area contributed by atoms with Gasteiger partial charge in [0.25, 0.3) is 5.24 Å². The molecule has 0 aliphatic heterocycles. The fourth-order valence-electron chi connectivity index (χ4n) is 1.30. The van der Waals surface area contributed by atoms with Crippen molar-refractivity contribution in [1.29, 1.82) is 0 Å². The molecule has 1 amide bonds. The van der Waals surface area contributed by atoms with E-state index in [0.717, 1.165) is 5.69 Å². The predicted molar refractivity (Wildman–Crippen MR) is 72.4 cm³/mol. The van der Waals surface area contributed by atoms with E-state index >= 15 is 0 Å². The Bertz CT molecular complexity index is 452. The second-order valence-electron chi connectivity index (χ2n) is 4.99. The summed E-state index contributed by atoms with van der Waals surface area (Å²) in [5.41, 5.74) is 0.605. The SMILES string of the molecule is CC(C)(C)OC(=O)NCCc1ccc(C(=O)Cl)cn1. The van der Waals surface area contributed by atoms with Gasteiger partial charge in [0, 0.05) is 24.9 Å². The number of pyridine rings is 1. The van der Waals surface area contributed by atoms with Crippen molar-refractivity contribution in [2.75, 3.05) is 6.54 Å². The number of hydrogen-bond donors (Lipinski definition) is 1.